The summed E-state index contributed by atoms with van der Waals surface area (Å²) >= 11 is 0. The third kappa shape index (κ3) is 4.53. The van der Waals surface area contributed by atoms with Gasteiger partial charge in [0.15, 0.2) is 11.5 Å². The number of halogens is 5. The monoisotopic (exact) mass is 639 g/mol. The van der Waals surface area contributed by atoms with Gasteiger partial charge in [-0.3, -0.25) is 34.7 Å². The summed E-state index contributed by atoms with van der Waals surface area (Å²) in [4.78, 5) is 58.8. The fraction of sp³-hybridized carbons (Fsp3) is 0.207. The molecule has 3 amide bonds. The number of aromatic amines is 1. The Balaban J connectivity index is 1.29. The van der Waals surface area contributed by atoms with Crippen LogP contribution in [0.4, 0.5) is 32.6 Å². The predicted octanol–water partition coefficient (Wildman–Crippen LogP) is 5.22. The Morgan fingerprint density at radius 1 is 1.11 bits per heavy atom. The van der Waals surface area contributed by atoms with E-state index in [0.717, 1.165) is 18.6 Å². The lowest BCUT2D eigenvalue weighted by atomic mass is 9.92. The van der Waals surface area contributed by atoms with Crippen molar-refractivity contribution in [2.45, 2.75) is 31.7 Å². The second-order valence-electron chi connectivity index (χ2n) is 10.7. The second-order valence-corrected chi connectivity index (χ2v) is 10.7. The molecule has 234 valence electrons. The normalized spacial score (nSPS) is 18.3. The van der Waals surface area contributed by atoms with Gasteiger partial charge in [0.1, 0.15) is 17.6 Å². The molecule has 3 atom stereocenters. The van der Waals surface area contributed by atoms with E-state index in [1.165, 1.54) is 41.8 Å². The van der Waals surface area contributed by atoms with Crippen LogP contribution in [0, 0.1) is 11.7 Å². The molecule has 7 rings (SSSR count). The van der Waals surface area contributed by atoms with Gasteiger partial charge in [0.05, 0.1) is 52.9 Å². The number of rotatable bonds is 5. The van der Waals surface area contributed by atoms with Crippen LogP contribution in [0.2, 0.25) is 0 Å². The van der Waals surface area contributed by atoms with Crippen LogP contribution in [0.1, 0.15) is 51.2 Å². The molecule has 0 saturated heterocycles. The highest BCUT2D eigenvalue weighted by atomic mass is 19.4. The predicted molar refractivity (Wildman–Crippen MR) is 147 cm³/mol. The van der Waals surface area contributed by atoms with Crippen molar-refractivity contribution in [3.8, 4) is 11.3 Å². The van der Waals surface area contributed by atoms with E-state index in [9.17, 15) is 36.7 Å². The molecule has 5 aromatic rings. The van der Waals surface area contributed by atoms with Crippen LogP contribution in [0.5, 0.6) is 0 Å². The molecule has 2 aliphatic rings. The summed E-state index contributed by atoms with van der Waals surface area (Å²) in [6.07, 6.45) is -3.58. The number of hydrogen-bond acceptors (Lipinski definition) is 8. The summed E-state index contributed by atoms with van der Waals surface area (Å²) in [5.41, 5.74) is -3.44. The molecule has 2 aromatic carbocycles. The summed E-state index contributed by atoms with van der Waals surface area (Å²) in [6.45, 7) is 1.24. The lowest BCUT2D eigenvalue weighted by Gasteiger charge is -2.26. The van der Waals surface area contributed by atoms with E-state index in [2.05, 4.69) is 30.2 Å². The van der Waals surface area contributed by atoms with Crippen molar-refractivity contribution in [2.75, 3.05) is 5.32 Å². The number of nitrogens with one attached hydrogen (secondary N) is 2. The molecule has 4 heterocycles. The molecule has 0 radical (unpaired) electrons. The molecular weight excluding hydrogens is 621 g/mol. The van der Waals surface area contributed by atoms with E-state index in [-0.39, 0.29) is 45.6 Å². The van der Waals surface area contributed by atoms with Crippen molar-refractivity contribution in [1.82, 2.24) is 29.5 Å². The van der Waals surface area contributed by atoms with Crippen molar-refractivity contribution >= 4 is 46.2 Å². The minimum atomic E-state index is -5.28. The minimum absolute atomic E-state index is 0.0381. The van der Waals surface area contributed by atoms with E-state index in [4.69, 9.17) is 0 Å². The SMILES string of the molecule is CC(c1c(F)c(C(F)(F)F)c(-c2cn3cc(NC(=O)OC(=O)C4CC4F)nc3cn2)c2cn[nH]c12)N1C(=O)c2ccccc2C1=O. The van der Waals surface area contributed by atoms with Crippen molar-refractivity contribution in [3.63, 3.8) is 0 Å². The van der Waals surface area contributed by atoms with Gasteiger partial charge in [0.25, 0.3) is 11.8 Å². The highest BCUT2D eigenvalue weighted by molar-refractivity contribution is 6.21. The number of imide groups is 1. The maximum Gasteiger partial charge on any atom is 0.420 e. The zero-order chi connectivity index (χ0) is 32.7. The Labute approximate surface area is 253 Å². The first-order valence-electron chi connectivity index (χ1n) is 13.6. The lowest BCUT2D eigenvalue weighted by molar-refractivity contribution is -0.140. The number of nitrogens with zero attached hydrogens (tertiary/aromatic N) is 5. The number of ether oxygens (including phenoxy) is 1. The van der Waals surface area contributed by atoms with Crippen LogP contribution in [0.25, 0.3) is 27.8 Å². The van der Waals surface area contributed by atoms with Crippen LogP contribution >= 0.6 is 0 Å². The zero-order valence-corrected chi connectivity index (χ0v) is 23.2. The largest absolute Gasteiger partial charge is 0.420 e. The molecule has 1 saturated carbocycles. The van der Waals surface area contributed by atoms with Crippen LogP contribution in [0.3, 0.4) is 0 Å². The smallest absolute Gasteiger partial charge is 0.376 e. The van der Waals surface area contributed by atoms with Gasteiger partial charge >= 0.3 is 18.2 Å². The van der Waals surface area contributed by atoms with Gasteiger partial charge in [-0.15, -0.1) is 0 Å². The molecule has 46 heavy (non-hydrogen) atoms. The fourth-order valence-electron chi connectivity index (χ4n) is 5.58. The number of carbonyl (C=O) groups excluding carboxylic acids is 4. The van der Waals surface area contributed by atoms with Crippen molar-refractivity contribution < 1.29 is 45.9 Å². The molecule has 3 unspecified atom stereocenters. The minimum Gasteiger partial charge on any atom is -0.376 e. The molecule has 3 aromatic heterocycles. The number of imidazole rings is 1. The van der Waals surface area contributed by atoms with Crippen LogP contribution in [-0.4, -0.2) is 59.5 Å². The molecule has 1 fully saturated rings. The highest BCUT2D eigenvalue weighted by Gasteiger charge is 2.46. The van der Waals surface area contributed by atoms with Gasteiger partial charge in [0.2, 0.25) is 0 Å². The summed E-state index contributed by atoms with van der Waals surface area (Å²) in [6, 6.07) is 4.35. The number of hydrogen-bond donors (Lipinski definition) is 2. The van der Waals surface area contributed by atoms with Crippen molar-refractivity contribution in [1.29, 1.82) is 0 Å². The standard InChI is InChI=1S/C29H18F5N7O5/c1-11(41-25(42)12-4-2-3-5-13(12)26(41)43)20-23(31)22(29(32,33)34)21(15-7-36-39-24(15)20)17-9-40-10-18(37-19(40)8-35-17)38-28(45)46-27(44)14-6-16(14)30/h2-5,7-11,14,16H,6H2,1H3,(H,36,39)(H,38,45). The van der Waals surface area contributed by atoms with Crippen LogP contribution in [0.15, 0.2) is 49.1 Å². The number of esters is 1. The van der Waals surface area contributed by atoms with E-state index in [1.807, 2.05) is 0 Å². The Morgan fingerprint density at radius 2 is 1.78 bits per heavy atom. The van der Waals surface area contributed by atoms with E-state index >= 15 is 4.39 Å². The quantitative estimate of drug-likeness (QED) is 0.115. The van der Waals surface area contributed by atoms with Gasteiger partial charge in [0, 0.05) is 22.7 Å². The Morgan fingerprint density at radius 3 is 2.41 bits per heavy atom. The number of fused-ring (bicyclic) bond motifs is 3. The first-order valence-corrected chi connectivity index (χ1v) is 13.6. The molecule has 12 nitrogen and oxygen atoms in total. The van der Waals surface area contributed by atoms with Crippen LogP contribution in [-0.2, 0) is 15.7 Å². The van der Waals surface area contributed by atoms with Gasteiger partial charge in [-0.2, -0.15) is 18.3 Å². The molecule has 17 heteroatoms. The molecule has 0 bridgehead atoms. The highest BCUT2D eigenvalue weighted by Crippen LogP contribution is 2.46. The number of aromatic nitrogens is 5. The lowest BCUT2D eigenvalue weighted by Crippen LogP contribution is -2.33. The summed E-state index contributed by atoms with van der Waals surface area (Å²) in [5, 5.41) is 8.30. The molecule has 0 spiro atoms. The van der Waals surface area contributed by atoms with E-state index in [1.54, 1.807) is 0 Å². The first-order chi connectivity index (χ1) is 21.8. The summed E-state index contributed by atoms with van der Waals surface area (Å²) < 4.78 is 79.1. The Hall–Kier alpha value is -5.74. The van der Waals surface area contributed by atoms with Crippen molar-refractivity contribution in [3.05, 3.63) is 77.1 Å². The number of amides is 3. The number of benzene rings is 2. The molecular formula is C29H18F5N7O5. The molecule has 1 aliphatic heterocycles. The van der Waals surface area contributed by atoms with Gasteiger partial charge in [-0.05, 0) is 25.5 Å². The van der Waals surface area contributed by atoms with Gasteiger partial charge in [-0.25, -0.2) is 18.6 Å². The number of anilines is 1. The van der Waals surface area contributed by atoms with Crippen molar-refractivity contribution in [2.24, 2.45) is 5.92 Å². The average molecular weight is 639 g/mol. The number of H-pyrrole nitrogens is 1. The summed E-state index contributed by atoms with van der Waals surface area (Å²) in [5.74, 6) is -5.57. The number of alkyl halides is 4. The fourth-order valence-corrected chi connectivity index (χ4v) is 5.58. The maximum absolute atomic E-state index is 16.3. The van der Waals surface area contributed by atoms with Gasteiger partial charge in [-0.1, -0.05) is 12.1 Å². The third-order valence-corrected chi connectivity index (χ3v) is 7.83. The van der Waals surface area contributed by atoms with Crippen LogP contribution < -0.4 is 5.32 Å². The number of carbonyl (C=O) groups is 4. The first kappa shape index (κ1) is 29.0. The molecule has 1 aliphatic carbocycles. The summed E-state index contributed by atoms with van der Waals surface area (Å²) in [7, 11) is 0. The van der Waals surface area contributed by atoms with Gasteiger partial charge < -0.3 is 9.14 Å². The average Bonchev–Trinajstić information content (AvgIpc) is 3.28. The Kier molecular flexibility index (Phi) is 6.40. The second kappa shape index (κ2) is 10.1. The van der Waals surface area contributed by atoms with E-state index in [0.29, 0.717) is 4.90 Å². The van der Waals surface area contributed by atoms with E-state index < -0.39 is 70.7 Å². The Bertz CT molecular complexity index is 2110. The third-order valence-electron chi connectivity index (χ3n) is 7.83. The topological polar surface area (TPSA) is 152 Å². The maximum atomic E-state index is 16.3. The zero-order valence-electron chi connectivity index (χ0n) is 23.2. The molecule has 2 N–H and O–H groups in total.